The van der Waals surface area contributed by atoms with Crippen LogP contribution in [0.15, 0.2) is 0 Å². The summed E-state index contributed by atoms with van der Waals surface area (Å²) in [4.78, 5) is 58.0. The first-order valence-corrected chi connectivity index (χ1v) is 17.2. The van der Waals surface area contributed by atoms with E-state index >= 15 is 0 Å². The molecule has 1 radical (unpaired) electrons. The predicted molar refractivity (Wildman–Crippen MR) is 174 cm³/mol. The topological polar surface area (TPSA) is 128 Å². The number of fused-ring (bicyclic) bond motifs is 6. The van der Waals surface area contributed by atoms with Crippen LogP contribution in [0.1, 0.15) is 101 Å². The van der Waals surface area contributed by atoms with E-state index in [1.165, 1.54) is 0 Å². The molecule has 0 saturated heterocycles. The predicted octanol–water partition coefficient (Wildman–Crippen LogP) is 8.13. The van der Waals surface area contributed by atoms with E-state index in [1.54, 1.807) is 20.8 Å². The van der Waals surface area contributed by atoms with Crippen molar-refractivity contribution in [3.63, 3.8) is 0 Å². The van der Waals surface area contributed by atoms with Crippen molar-refractivity contribution in [2.45, 2.75) is 119 Å². The van der Waals surface area contributed by atoms with Crippen LogP contribution in [-0.4, -0.2) is 82.0 Å². The first-order valence-electron chi connectivity index (χ1n) is 17.2. The SMILES string of the molecule is CC1(C)C2CCC1(C)C(C(=[OH+])C(F)(F)F)C2=[OH+].CC1(C)C2CCC1(C)C(C(=[OH+])C(F)(F)F)C2=[OH+].CC1(C)C2CCC1(C)C(C(=[OH+])C(F)(F)F)C2=[OH+].[Eu]. The summed E-state index contributed by atoms with van der Waals surface area (Å²) in [7, 11) is 0. The summed E-state index contributed by atoms with van der Waals surface area (Å²) in [5.74, 6) is -9.78. The second kappa shape index (κ2) is 13.3. The van der Waals surface area contributed by atoms with Gasteiger partial charge in [0.05, 0.1) is 17.8 Å². The molecule has 0 spiro atoms. The van der Waals surface area contributed by atoms with Crippen LogP contribution in [-0.2, 0) is 0 Å². The van der Waals surface area contributed by atoms with Crippen molar-refractivity contribution < 1.29 is 118 Å². The van der Waals surface area contributed by atoms with Gasteiger partial charge in [-0.05, 0) is 54.8 Å². The maximum absolute atomic E-state index is 12.6. The number of carbonyl (C=O) groups excluding carboxylic acids is 6. The van der Waals surface area contributed by atoms with Gasteiger partial charge in [0, 0.05) is 65.6 Å². The fourth-order valence-corrected chi connectivity index (χ4v) is 11.1. The Morgan fingerprint density at radius 2 is 0.615 bits per heavy atom. The van der Waals surface area contributed by atoms with Crippen LogP contribution in [0.4, 0.5) is 39.5 Å². The van der Waals surface area contributed by atoms with E-state index in [4.69, 9.17) is 0 Å². The van der Waals surface area contributed by atoms with Gasteiger partial charge in [0.25, 0.3) is 0 Å². The smallest absolute Gasteiger partial charge is 0.282 e. The van der Waals surface area contributed by atoms with Crippen LogP contribution in [0, 0.1) is 117 Å². The molecule has 6 aliphatic rings. The Morgan fingerprint density at radius 1 is 0.442 bits per heavy atom. The molecule has 0 aromatic rings. The standard InChI is InChI=1S/3C12H15F3O2.Eu/c3*1-10(2)6-4-5-11(10,3)7(8(6)16)9(17)12(13,14)15;/h3*6-7H,4-5H2,1-3H3;/p+6. The van der Waals surface area contributed by atoms with Crippen molar-refractivity contribution >= 4 is 34.7 Å². The molecule has 0 heterocycles. The first-order chi connectivity index (χ1) is 22.6. The second-order valence-electron chi connectivity index (χ2n) is 17.9. The largest absolute Gasteiger partial charge is 0.505 e. The number of halogens is 9. The van der Waals surface area contributed by atoms with E-state index in [2.05, 4.69) is 0 Å². The fourth-order valence-electron chi connectivity index (χ4n) is 11.1. The number of alkyl halides is 9. The molecule has 16 heteroatoms. The Morgan fingerprint density at radius 3 is 0.731 bits per heavy atom. The molecule has 6 bridgehead atoms. The zero-order valence-corrected chi connectivity index (χ0v) is 33.1. The zero-order chi connectivity index (χ0) is 39.7. The van der Waals surface area contributed by atoms with Crippen molar-refractivity contribution in [1.82, 2.24) is 0 Å². The number of hydrogen-bond donors (Lipinski definition) is 0. The summed E-state index contributed by atoms with van der Waals surface area (Å²) in [6.07, 6.45) is -10.4. The molecule has 0 aromatic heterocycles. The van der Waals surface area contributed by atoms with E-state index < -0.39 is 86.1 Å². The molecule has 6 nitrogen and oxygen atoms in total. The summed E-state index contributed by atoms with van der Waals surface area (Å²) < 4.78 is 113. The third kappa shape index (κ3) is 6.28. The van der Waals surface area contributed by atoms with E-state index in [1.807, 2.05) is 41.5 Å². The number of rotatable bonds is 3. The molecular weight excluding hydrogens is 851 g/mol. The van der Waals surface area contributed by atoms with E-state index in [9.17, 15) is 68.3 Å². The van der Waals surface area contributed by atoms with E-state index in [0.717, 1.165) is 0 Å². The summed E-state index contributed by atoms with van der Waals surface area (Å²) in [6.45, 7) is 16.4. The third-order valence-electron chi connectivity index (χ3n) is 15.4. The Bertz CT molecular complexity index is 1380. The molecule has 6 rings (SSSR count). The molecule has 295 valence electrons. The molecule has 6 saturated carbocycles. The Hall–Kier alpha value is -1.03. The third-order valence-corrected chi connectivity index (χ3v) is 15.4. The Kier molecular flexibility index (Phi) is 11.6. The van der Waals surface area contributed by atoms with Crippen LogP contribution in [0.2, 0.25) is 0 Å². The van der Waals surface area contributed by atoms with Crippen molar-refractivity contribution in [3.8, 4) is 0 Å². The maximum atomic E-state index is 12.6. The fraction of sp³-hybridized carbons (Fsp3) is 0.833. The zero-order valence-electron chi connectivity index (χ0n) is 30.7. The average molecular weight is 903 g/mol. The summed E-state index contributed by atoms with van der Waals surface area (Å²) in [5.41, 5.74) is -3.41. The molecule has 0 aliphatic heterocycles. The molecule has 6 fully saturated rings. The molecule has 6 aliphatic carbocycles. The van der Waals surface area contributed by atoms with Crippen molar-refractivity contribution in [3.05, 3.63) is 0 Å². The first kappa shape index (κ1) is 45.4. The van der Waals surface area contributed by atoms with Gasteiger partial charge in [0.2, 0.25) is 0 Å². The van der Waals surface area contributed by atoms with Gasteiger partial charge in [-0.2, -0.15) is 39.5 Å². The minimum Gasteiger partial charge on any atom is -0.282 e. The summed E-state index contributed by atoms with van der Waals surface area (Å²) in [5, 5.41) is 0. The van der Waals surface area contributed by atoms with Gasteiger partial charge in [-0.15, -0.1) is 0 Å². The number of ketones is 6. The van der Waals surface area contributed by atoms with Crippen LogP contribution < -0.4 is 0 Å². The second-order valence-corrected chi connectivity index (χ2v) is 17.9. The molecule has 0 amide bonds. The molecule has 0 aromatic carbocycles. The maximum Gasteiger partial charge on any atom is 0.505 e. The molecular formula is C36H51EuF9O6+6. The van der Waals surface area contributed by atoms with Gasteiger partial charge in [0.15, 0.2) is 17.8 Å². The van der Waals surface area contributed by atoms with Crippen LogP contribution >= 0.6 is 0 Å². The molecule has 9 unspecified atom stereocenters. The minimum atomic E-state index is -4.76. The Labute approximate surface area is 337 Å². The van der Waals surface area contributed by atoms with Gasteiger partial charge < -0.3 is 0 Å². The summed E-state index contributed by atoms with van der Waals surface area (Å²) in [6, 6.07) is 0. The van der Waals surface area contributed by atoms with Crippen molar-refractivity contribution in [1.29, 1.82) is 0 Å². The van der Waals surface area contributed by atoms with Gasteiger partial charge >= 0.3 is 53.2 Å². The van der Waals surface area contributed by atoms with Gasteiger partial charge in [-0.25, -0.2) is 0 Å². The average Bonchev–Trinajstić information content (AvgIpc) is 3.56. The quantitative estimate of drug-likeness (QED) is 0.154. The van der Waals surface area contributed by atoms with Gasteiger partial charge in [-0.1, -0.05) is 62.3 Å². The summed E-state index contributed by atoms with van der Waals surface area (Å²) >= 11 is 0. The molecule has 6 N–H and O–H groups in total. The Balaban J connectivity index is 0.000000208. The molecule has 52 heavy (non-hydrogen) atoms. The monoisotopic (exact) mass is 903 g/mol. The van der Waals surface area contributed by atoms with Crippen LogP contribution in [0.5, 0.6) is 0 Å². The van der Waals surface area contributed by atoms with Crippen LogP contribution in [0.3, 0.4) is 0 Å². The minimum absolute atomic E-state index is 0. The van der Waals surface area contributed by atoms with Crippen molar-refractivity contribution in [2.24, 2.45) is 68.0 Å². The van der Waals surface area contributed by atoms with Crippen molar-refractivity contribution in [2.75, 3.05) is 0 Å². The normalized spacial score (nSPS) is 39.0. The van der Waals surface area contributed by atoms with Gasteiger partial charge in [-0.3, -0.25) is 28.8 Å². The van der Waals surface area contributed by atoms with Crippen LogP contribution in [0.25, 0.3) is 0 Å². The number of hydrogen-bond acceptors (Lipinski definition) is 0. The van der Waals surface area contributed by atoms with Gasteiger partial charge in [0.1, 0.15) is 0 Å². The van der Waals surface area contributed by atoms with E-state index in [0.29, 0.717) is 38.5 Å². The molecule has 9 atom stereocenters. The van der Waals surface area contributed by atoms with E-state index in [-0.39, 0.29) is 84.5 Å².